The number of anilines is 1. The van der Waals surface area contributed by atoms with Crippen LogP contribution in [0.15, 0.2) is 59.5 Å². The molecular weight excluding hydrogens is 300 g/mol. The number of para-hydroxylation sites is 1. The second-order valence-corrected chi connectivity index (χ2v) is 7.11. The smallest absolute Gasteiger partial charge is 0.242 e. The van der Waals surface area contributed by atoms with Gasteiger partial charge in [0.15, 0.2) is 5.78 Å². The molecule has 6 heteroatoms. The minimum atomic E-state index is -3.54. The van der Waals surface area contributed by atoms with E-state index in [1.807, 2.05) is 30.3 Å². The maximum atomic E-state index is 12.2. The third kappa shape index (κ3) is 3.72. The van der Waals surface area contributed by atoms with Gasteiger partial charge in [-0.15, -0.1) is 0 Å². The van der Waals surface area contributed by atoms with Crippen molar-refractivity contribution in [1.82, 2.24) is 4.31 Å². The number of nitrogens with one attached hydrogen (secondary N) is 1. The molecule has 0 saturated heterocycles. The van der Waals surface area contributed by atoms with E-state index in [0.29, 0.717) is 5.56 Å². The maximum absolute atomic E-state index is 12.2. The molecule has 0 aromatic heterocycles. The zero-order valence-corrected chi connectivity index (χ0v) is 13.3. The molecule has 0 bridgehead atoms. The summed E-state index contributed by atoms with van der Waals surface area (Å²) >= 11 is 0. The molecule has 0 heterocycles. The van der Waals surface area contributed by atoms with Gasteiger partial charge in [-0.3, -0.25) is 4.79 Å². The Hall–Kier alpha value is -2.18. The first-order chi connectivity index (χ1) is 10.4. The van der Waals surface area contributed by atoms with Gasteiger partial charge < -0.3 is 5.32 Å². The van der Waals surface area contributed by atoms with Gasteiger partial charge in [0.1, 0.15) is 0 Å². The van der Waals surface area contributed by atoms with Crippen LogP contribution in [0.3, 0.4) is 0 Å². The number of benzene rings is 2. The molecule has 1 N–H and O–H groups in total. The summed E-state index contributed by atoms with van der Waals surface area (Å²) in [6.45, 7) is 0.107. The second-order valence-electron chi connectivity index (χ2n) is 4.96. The van der Waals surface area contributed by atoms with Crippen molar-refractivity contribution < 1.29 is 13.2 Å². The molecule has 5 nitrogen and oxygen atoms in total. The van der Waals surface area contributed by atoms with Gasteiger partial charge in [-0.05, 0) is 24.3 Å². The molecule has 0 atom stereocenters. The van der Waals surface area contributed by atoms with Crippen molar-refractivity contribution in [1.29, 1.82) is 0 Å². The Morgan fingerprint density at radius 3 is 2.36 bits per heavy atom. The third-order valence-corrected chi connectivity index (χ3v) is 4.97. The Kier molecular flexibility index (Phi) is 4.95. The first-order valence-corrected chi connectivity index (χ1v) is 8.20. The molecule has 0 fully saturated rings. The van der Waals surface area contributed by atoms with E-state index in [1.54, 1.807) is 12.1 Å². The Bertz CT molecular complexity index is 756. The molecule has 116 valence electrons. The van der Waals surface area contributed by atoms with Crippen LogP contribution in [0.25, 0.3) is 0 Å². The van der Waals surface area contributed by atoms with E-state index in [0.717, 1.165) is 9.99 Å². The van der Waals surface area contributed by atoms with Crippen molar-refractivity contribution in [2.24, 2.45) is 0 Å². The molecule has 2 aromatic carbocycles. The van der Waals surface area contributed by atoms with Gasteiger partial charge in [-0.2, -0.15) is 0 Å². The standard InChI is InChI=1S/C16H18N2O3S/c1-18(2)22(20,21)15-10-6-7-13(11-15)16(19)12-17-14-8-4-3-5-9-14/h3-11,17H,12H2,1-2H3. The first-order valence-electron chi connectivity index (χ1n) is 6.76. The van der Waals surface area contributed by atoms with Gasteiger partial charge in [0.25, 0.3) is 0 Å². The summed E-state index contributed by atoms with van der Waals surface area (Å²) < 4.78 is 25.3. The third-order valence-electron chi connectivity index (χ3n) is 3.16. The van der Waals surface area contributed by atoms with Crippen LogP contribution < -0.4 is 5.32 Å². The lowest BCUT2D eigenvalue weighted by molar-refractivity contribution is 0.101. The average molecular weight is 318 g/mol. The number of carbonyl (C=O) groups is 1. The molecule has 2 rings (SSSR count). The number of rotatable bonds is 6. The van der Waals surface area contributed by atoms with Crippen LogP contribution in [-0.4, -0.2) is 39.1 Å². The largest absolute Gasteiger partial charge is 0.378 e. The molecule has 0 amide bonds. The Balaban J connectivity index is 2.14. The lowest BCUT2D eigenvalue weighted by Gasteiger charge is -2.12. The summed E-state index contributed by atoms with van der Waals surface area (Å²) in [7, 11) is -0.621. The number of Topliss-reactive ketones (excluding diaryl/α,β-unsaturated/α-hetero) is 1. The summed E-state index contributed by atoms with van der Waals surface area (Å²) in [5, 5.41) is 3.01. The summed E-state index contributed by atoms with van der Waals surface area (Å²) in [6.07, 6.45) is 0. The van der Waals surface area contributed by atoms with Gasteiger partial charge in [0, 0.05) is 25.3 Å². The van der Waals surface area contributed by atoms with E-state index in [9.17, 15) is 13.2 Å². The van der Waals surface area contributed by atoms with Gasteiger partial charge in [0.2, 0.25) is 10.0 Å². The SMILES string of the molecule is CN(C)S(=O)(=O)c1cccc(C(=O)CNc2ccccc2)c1. The molecule has 0 saturated carbocycles. The fraction of sp³-hybridized carbons (Fsp3) is 0.188. The highest BCUT2D eigenvalue weighted by atomic mass is 32.2. The zero-order chi connectivity index (χ0) is 16.2. The molecule has 0 aliphatic heterocycles. The number of sulfonamides is 1. The van der Waals surface area contributed by atoms with Crippen LogP contribution in [0.1, 0.15) is 10.4 Å². The van der Waals surface area contributed by atoms with Gasteiger partial charge in [-0.1, -0.05) is 30.3 Å². The zero-order valence-electron chi connectivity index (χ0n) is 12.5. The molecule has 22 heavy (non-hydrogen) atoms. The van der Waals surface area contributed by atoms with Crippen molar-refractivity contribution in [3.8, 4) is 0 Å². The molecule has 0 spiro atoms. The summed E-state index contributed by atoms with van der Waals surface area (Å²) in [5.41, 5.74) is 1.21. The van der Waals surface area contributed by atoms with Crippen molar-refractivity contribution in [3.05, 3.63) is 60.2 Å². The molecule has 0 radical (unpaired) electrons. The van der Waals surface area contributed by atoms with Crippen molar-refractivity contribution in [3.63, 3.8) is 0 Å². The predicted molar refractivity (Wildman–Crippen MR) is 86.6 cm³/mol. The molecule has 0 unspecified atom stereocenters. The highest BCUT2D eigenvalue weighted by molar-refractivity contribution is 7.89. The minimum absolute atomic E-state index is 0.107. The van der Waals surface area contributed by atoms with Gasteiger partial charge >= 0.3 is 0 Å². The maximum Gasteiger partial charge on any atom is 0.242 e. The van der Waals surface area contributed by atoms with Crippen molar-refractivity contribution >= 4 is 21.5 Å². The van der Waals surface area contributed by atoms with Crippen LogP contribution >= 0.6 is 0 Å². The topological polar surface area (TPSA) is 66.5 Å². The lowest BCUT2D eigenvalue weighted by atomic mass is 10.1. The van der Waals surface area contributed by atoms with E-state index in [2.05, 4.69) is 5.32 Å². The second kappa shape index (κ2) is 6.72. The van der Waals surface area contributed by atoms with Crippen LogP contribution in [0.2, 0.25) is 0 Å². The molecule has 0 aliphatic rings. The van der Waals surface area contributed by atoms with Gasteiger partial charge in [0.05, 0.1) is 11.4 Å². The number of hydrogen-bond donors (Lipinski definition) is 1. The highest BCUT2D eigenvalue weighted by Gasteiger charge is 2.18. The number of ketones is 1. The van der Waals surface area contributed by atoms with E-state index in [-0.39, 0.29) is 17.2 Å². The minimum Gasteiger partial charge on any atom is -0.378 e. The molecular formula is C16H18N2O3S. The molecule has 0 aliphatic carbocycles. The average Bonchev–Trinajstić information content (AvgIpc) is 2.53. The van der Waals surface area contributed by atoms with Crippen LogP contribution in [0, 0.1) is 0 Å². The Morgan fingerprint density at radius 2 is 1.73 bits per heavy atom. The lowest BCUT2D eigenvalue weighted by Crippen LogP contribution is -2.22. The first kappa shape index (κ1) is 16.2. The van der Waals surface area contributed by atoms with Gasteiger partial charge in [-0.25, -0.2) is 12.7 Å². The summed E-state index contributed by atoms with van der Waals surface area (Å²) in [4.78, 5) is 12.3. The van der Waals surface area contributed by atoms with Crippen LogP contribution in [0.5, 0.6) is 0 Å². The number of hydrogen-bond acceptors (Lipinski definition) is 4. The van der Waals surface area contributed by atoms with E-state index >= 15 is 0 Å². The molecule has 2 aromatic rings. The van der Waals surface area contributed by atoms with Crippen molar-refractivity contribution in [2.45, 2.75) is 4.90 Å². The highest BCUT2D eigenvalue weighted by Crippen LogP contribution is 2.15. The quantitative estimate of drug-likeness (QED) is 0.830. The normalized spacial score (nSPS) is 11.4. The van der Waals surface area contributed by atoms with Crippen LogP contribution in [0.4, 0.5) is 5.69 Å². The number of carbonyl (C=O) groups excluding carboxylic acids is 1. The Morgan fingerprint density at radius 1 is 1.05 bits per heavy atom. The van der Waals surface area contributed by atoms with Crippen molar-refractivity contribution in [2.75, 3.05) is 26.0 Å². The summed E-state index contributed by atoms with van der Waals surface area (Å²) in [6, 6.07) is 15.4. The van der Waals surface area contributed by atoms with E-state index < -0.39 is 10.0 Å². The summed E-state index contributed by atoms with van der Waals surface area (Å²) in [5.74, 6) is -0.167. The van der Waals surface area contributed by atoms with E-state index in [1.165, 1.54) is 26.2 Å². The number of nitrogens with zero attached hydrogens (tertiary/aromatic N) is 1. The monoisotopic (exact) mass is 318 g/mol. The van der Waals surface area contributed by atoms with E-state index in [4.69, 9.17) is 0 Å². The fourth-order valence-corrected chi connectivity index (χ4v) is 2.83. The fourth-order valence-electron chi connectivity index (χ4n) is 1.88. The Labute approximate surface area is 130 Å². The van der Waals surface area contributed by atoms with Crippen LogP contribution in [-0.2, 0) is 10.0 Å². The predicted octanol–water partition coefficient (Wildman–Crippen LogP) is 2.23.